The molecule has 0 saturated carbocycles. The molecular weight excluding hydrogens is 542 g/mol. The van der Waals surface area contributed by atoms with Crippen LogP contribution in [0.3, 0.4) is 0 Å². The van der Waals surface area contributed by atoms with Crippen LogP contribution in [-0.2, 0) is 5.41 Å². The summed E-state index contributed by atoms with van der Waals surface area (Å²) in [5, 5.41) is 10.4. The van der Waals surface area contributed by atoms with Gasteiger partial charge in [0.05, 0.1) is 11.0 Å². The third-order valence-electron chi connectivity index (χ3n) is 9.70. The van der Waals surface area contributed by atoms with E-state index in [9.17, 15) is 0 Å². The molecule has 8 aromatic carbocycles. The van der Waals surface area contributed by atoms with Crippen molar-refractivity contribution in [2.75, 3.05) is 0 Å². The monoisotopic (exact) mass is 575 g/mol. The molecule has 45 heavy (non-hydrogen) atoms. The van der Waals surface area contributed by atoms with Crippen molar-refractivity contribution in [3.63, 3.8) is 0 Å². The van der Waals surface area contributed by atoms with Crippen molar-refractivity contribution >= 4 is 54.1 Å². The highest BCUT2D eigenvalue weighted by molar-refractivity contribution is 6.26. The first kappa shape index (κ1) is 26.0. The largest absolute Gasteiger partial charge is 0.309 e. The van der Waals surface area contributed by atoms with E-state index in [1.807, 2.05) is 0 Å². The van der Waals surface area contributed by atoms with E-state index in [4.69, 9.17) is 0 Å². The Morgan fingerprint density at radius 3 is 1.62 bits per heavy atom. The first-order chi connectivity index (χ1) is 21.9. The summed E-state index contributed by atoms with van der Waals surface area (Å²) in [5.41, 5.74) is 10.2. The fourth-order valence-corrected chi connectivity index (χ4v) is 7.39. The molecule has 0 bridgehead atoms. The zero-order chi connectivity index (χ0) is 30.3. The van der Waals surface area contributed by atoms with Crippen molar-refractivity contribution in [1.29, 1.82) is 0 Å². The van der Waals surface area contributed by atoms with Crippen LogP contribution < -0.4 is 0 Å². The summed E-state index contributed by atoms with van der Waals surface area (Å²) in [5.74, 6) is 0. The second-order valence-electron chi connectivity index (χ2n) is 13.4. The summed E-state index contributed by atoms with van der Waals surface area (Å²) < 4.78 is 2.38. The van der Waals surface area contributed by atoms with E-state index in [0.717, 1.165) is 0 Å². The second-order valence-corrected chi connectivity index (χ2v) is 13.4. The Balaban J connectivity index is 1.16. The first-order valence-corrected chi connectivity index (χ1v) is 15.9. The third-order valence-corrected chi connectivity index (χ3v) is 9.70. The van der Waals surface area contributed by atoms with Crippen molar-refractivity contribution in [3.05, 3.63) is 151 Å². The number of benzene rings is 8. The van der Waals surface area contributed by atoms with Crippen LogP contribution in [0.4, 0.5) is 0 Å². The zero-order valence-electron chi connectivity index (χ0n) is 25.8. The van der Waals surface area contributed by atoms with Crippen molar-refractivity contribution in [1.82, 2.24) is 4.57 Å². The lowest BCUT2D eigenvalue weighted by Gasteiger charge is -2.19. The molecule has 0 spiro atoms. The van der Waals surface area contributed by atoms with Crippen LogP contribution in [0.5, 0.6) is 0 Å². The number of fused-ring (bicyclic) bond motifs is 3. The molecule has 0 radical (unpaired) electrons. The minimum Gasteiger partial charge on any atom is -0.309 e. The maximum absolute atomic E-state index is 2.38. The predicted molar refractivity (Wildman–Crippen MR) is 194 cm³/mol. The highest BCUT2D eigenvalue weighted by Gasteiger charge is 2.16. The molecule has 1 heteroatoms. The van der Waals surface area contributed by atoms with Gasteiger partial charge >= 0.3 is 0 Å². The van der Waals surface area contributed by atoms with Gasteiger partial charge in [-0.05, 0) is 102 Å². The number of rotatable bonds is 3. The standard InChI is InChI=1S/C44H33N/c1-44(2,3)34-20-14-28(15-21-34)33-26-31-13-12-30-18-24-36(39-25-19-32(27-33)42(31)43(30)39)29-16-22-35(23-17-29)45-40-10-6-4-8-37(40)38-9-5-7-11-41(38)45/h4-27H,1-3H3. The molecule has 1 heterocycles. The SMILES string of the molecule is CC(C)(C)c1ccc(-c2cc3ccc4ccc(-c5ccc(-n6c7ccccc7c7ccccc76)cc5)c5ccc(c2)c3c45)cc1. The van der Waals surface area contributed by atoms with Crippen LogP contribution in [0.25, 0.3) is 82.1 Å². The van der Waals surface area contributed by atoms with Gasteiger partial charge in [-0.15, -0.1) is 0 Å². The molecule has 1 nitrogen and oxygen atoms in total. The van der Waals surface area contributed by atoms with E-state index in [0.29, 0.717) is 0 Å². The van der Waals surface area contributed by atoms with Crippen molar-refractivity contribution in [3.8, 4) is 27.9 Å². The molecule has 0 fully saturated rings. The van der Waals surface area contributed by atoms with Crippen LogP contribution in [0.15, 0.2) is 146 Å². The summed E-state index contributed by atoms with van der Waals surface area (Å²) >= 11 is 0. The minimum atomic E-state index is 0.148. The van der Waals surface area contributed by atoms with Crippen LogP contribution in [0, 0.1) is 0 Å². The number of nitrogens with zero attached hydrogens (tertiary/aromatic N) is 1. The Hall–Kier alpha value is -5.40. The van der Waals surface area contributed by atoms with E-state index < -0.39 is 0 Å². The van der Waals surface area contributed by atoms with Gasteiger partial charge in [0.1, 0.15) is 0 Å². The van der Waals surface area contributed by atoms with Gasteiger partial charge in [-0.1, -0.05) is 130 Å². The Bertz CT molecular complexity index is 2470. The summed E-state index contributed by atoms with van der Waals surface area (Å²) in [4.78, 5) is 0. The first-order valence-electron chi connectivity index (χ1n) is 15.9. The highest BCUT2D eigenvalue weighted by atomic mass is 15.0. The van der Waals surface area contributed by atoms with Crippen LogP contribution in [0.2, 0.25) is 0 Å². The topological polar surface area (TPSA) is 4.93 Å². The van der Waals surface area contributed by atoms with Crippen molar-refractivity contribution in [2.45, 2.75) is 26.2 Å². The van der Waals surface area contributed by atoms with E-state index >= 15 is 0 Å². The molecule has 0 aliphatic heterocycles. The average molecular weight is 576 g/mol. The fraction of sp³-hybridized carbons (Fsp3) is 0.0909. The molecule has 0 aliphatic rings. The lowest BCUT2D eigenvalue weighted by atomic mass is 9.85. The van der Waals surface area contributed by atoms with E-state index in [-0.39, 0.29) is 5.41 Å². The molecule has 9 aromatic rings. The number of para-hydroxylation sites is 2. The van der Waals surface area contributed by atoms with E-state index in [1.54, 1.807) is 0 Å². The smallest absolute Gasteiger partial charge is 0.0541 e. The lowest BCUT2D eigenvalue weighted by molar-refractivity contribution is 0.590. The van der Waals surface area contributed by atoms with Gasteiger partial charge in [0.15, 0.2) is 0 Å². The minimum absolute atomic E-state index is 0.148. The maximum Gasteiger partial charge on any atom is 0.0541 e. The van der Waals surface area contributed by atoms with E-state index in [1.165, 1.54) is 87.6 Å². The molecule has 9 rings (SSSR count). The van der Waals surface area contributed by atoms with Crippen molar-refractivity contribution < 1.29 is 0 Å². The molecule has 0 aliphatic carbocycles. The molecule has 1 aromatic heterocycles. The number of aromatic nitrogens is 1. The summed E-state index contributed by atoms with van der Waals surface area (Å²) in [6, 6.07) is 54.1. The molecule has 214 valence electrons. The van der Waals surface area contributed by atoms with Gasteiger partial charge < -0.3 is 4.57 Å². The Kier molecular flexibility index (Phi) is 5.53. The Morgan fingerprint density at radius 1 is 0.422 bits per heavy atom. The van der Waals surface area contributed by atoms with Gasteiger partial charge in [-0.2, -0.15) is 0 Å². The van der Waals surface area contributed by atoms with Crippen molar-refractivity contribution in [2.24, 2.45) is 0 Å². The molecule has 0 amide bonds. The highest BCUT2D eigenvalue weighted by Crippen LogP contribution is 2.41. The molecule has 0 N–H and O–H groups in total. The number of hydrogen-bond donors (Lipinski definition) is 0. The van der Waals surface area contributed by atoms with Crippen LogP contribution in [0.1, 0.15) is 26.3 Å². The van der Waals surface area contributed by atoms with Gasteiger partial charge in [-0.25, -0.2) is 0 Å². The van der Waals surface area contributed by atoms with Gasteiger partial charge in [-0.3, -0.25) is 0 Å². The molecule has 0 saturated heterocycles. The Morgan fingerprint density at radius 2 is 0.978 bits per heavy atom. The van der Waals surface area contributed by atoms with Crippen LogP contribution in [-0.4, -0.2) is 4.57 Å². The fourth-order valence-electron chi connectivity index (χ4n) is 7.39. The predicted octanol–water partition coefficient (Wildman–Crippen LogP) is 12.3. The summed E-state index contributed by atoms with van der Waals surface area (Å²) in [6.07, 6.45) is 0. The Labute approximate surface area is 263 Å². The molecular formula is C44H33N. The third kappa shape index (κ3) is 4.01. The van der Waals surface area contributed by atoms with Gasteiger partial charge in [0.25, 0.3) is 0 Å². The maximum atomic E-state index is 2.38. The summed E-state index contributed by atoms with van der Waals surface area (Å²) in [7, 11) is 0. The normalized spacial score (nSPS) is 12.3. The summed E-state index contributed by atoms with van der Waals surface area (Å²) in [6.45, 7) is 6.80. The quantitative estimate of drug-likeness (QED) is 0.185. The van der Waals surface area contributed by atoms with Gasteiger partial charge in [0.2, 0.25) is 0 Å². The van der Waals surface area contributed by atoms with Gasteiger partial charge in [0, 0.05) is 16.5 Å². The average Bonchev–Trinajstić information content (AvgIpc) is 3.41. The lowest BCUT2D eigenvalue weighted by Crippen LogP contribution is -2.10. The van der Waals surface area contributed by atoms with E-state index in [2.05, 4.69) is 171 Å². The number of hydrogen-bond acceptors (Lipinski definition) is 0. The zero-order valence-corrected chi connectivity index (χ0v) is 25.8. The van der Waals surface area contributed by atoms with Crippen LogP contribution >= 0.6 is 0 Å². The second kappa shape index (κ2) is 9.55. The molecule has 0 atom stereocenters. The molecule has 0 unspecified atom stereocenters.